The maximum atomic E-state index is 10.4. The molecule has 0 aromatic carbocycles. The van der Waals surface area contributed by atoms with Gasteiger partial charge in [0.15, 0.2) is 0 Å². The van der Waals surface area contributed by atoms with Crippen LogP contribution in [-0.2, 0) is 17.8 Å². The molecular weight excluding hydrogens is 206 g/mol. The Kier molecular flexibility index (Phi) is 4.95. The Hall–Kier alpha value is -1.39. The molecule has 0 saturated carbocycles. The van der Waals surface area contributed by atoms with E-state index in [4.69, 9.17) is 5.11 Å². The van der Waals surface area contributed by atoms with Crippen LogP contribution in [0.2, 0.25) is 0 Å². The molecule has 0 aliphatic heterocycles. The number of rotatable bonds is 7. The molecule has 90 valence electrons. The van der Waals surface area contributed by atoms with Crippen LogP contribution in [0.1, 0.15) is 38.8 Å². The monoisotopic (exact) mass is 225 g/mol. The van der Waals surface area contributed by atoms with Gasteiger partial charge in [-0.25, -0.2) is 0 Å². The van der Waals surface area contributed by atoms with Crippen molar-refractivity contribution in [2.75, 3.05) is 0 Å². The summed E-state index contributed by atoms with van der Waals surface area (Å²) in [4.78, 5) is 10.4. The number of carbonyl (C=O) groups is 1. The highest BCUT2D eigenvalue weighted by molar-refractivity contribution is 5.66. The first-order chi connectivity index (χ1) is 7.65. The van der Waals surface area contributed by atoms with Gasteiger partial charge in [0.2, 0.25) is 0 Å². The fourth-order valence-corrected chi connectivity index (χ4v) is 1.59. The number of nitrogens with zero attached hydrogens (tertiary/aromatic N) is 3. The van der Waals surface area contributed by atoms with Gasteiger partial charge in [-0.15, -0.1) is 5.10 Å². The number of carboxylic acid groups (broad SMARTS) is 1. The fraction of sp³-hybridized carbons (Fsp3) is 0.727. The molecule has 1 aromatic rings. The van der Waals surface area contributed by atoms with E-state index in [9.17, 15) is 4.79 Å². The SMILES string of the molecule is CCC(CC)Cn1cc(CCC(=O)O)nn1. The van der Waals surface area contributed by atoms with Crippen LogP contribution in [0.5, 0.6) is 0 Å². The molecule has 0 aliphatic carbocycles. The number of aryl methyl sites for hydroxylation is 1. The zero-order chi connectivity index (χ0) is 12.0. The quantitative estimate of drug-likeness (QED) is 0.767. The van der Waals surface area contributed by atoms with Crippen molar-refractivity contribution in [3.05, 3.63) is 11.9 Å². The standard InChI is InChI=1S/C11H19N3O2/c1-3-9(4-2)7-14-8-10(12-13-14)5-6-11(15)16/h8-9H,3-7H2,1-2H3,(H,15,16). The lowest BCUT2D eigenvalue weighted by Crippen LogP contribution is -2.09. The molecule has 1 rings (SSSR count). The third kappa shape index (κ3) is 4.00. The Morgan fingerprint density at radius 1 is 1.50 bits per heavy atom. The van der Waals surface area contributed by atoms with Crippen molar-refractivity contribution in [2.45, 2.75) is 46.1 Å². The van der Waals surface area contributed by atoms with Crippen LogP contribution in [0.4, 0.5) is 0 Å². The number of hydrogen-bond donors (Lipinski definition) is 1. The highest BCUT2D eigenvalue weighted by atomic mass is 16.4. The lowest BCUT2D eigenvalue weighted by molar-refractivity contribution is -0.136. The third-order valence-corrected chi connectivity index (χ3v) is 2.78. The molecule has 16 heavy (non-hydrogen) atoms. The zero-order valence-electron chi connectivity index (χ0n) is 9.89. The van der Waals surface area contributed by atoms with E-state index in [1.807, 2.05) is 10.9 Å². The average Bonchev–Trinajstić information content (AvgIpc) is 2.70. The summed E-state index contributed by atoms with van der Waals surface area (Å²) < 4.78 is 1.81. The molecule has 0 spiro atoms. The summed E-state index contributed by atoms with van der Waals surface area (Å²) in [6, 6.07) is 0. The van der Waals surface area contributed by atoms with Crippen molar-refractivity contribution >= 4 is 5.97 Å². The number of hydrogen-bond acceptors (Lipinski definition) is 3. The van der Waals surface area contributed by atoms with Crippen molar-refractivity contribution in [3.63, 3.8) is 0 Å². The van der Waals surface area contributed by atoms with Crippen LogP contribution in [0.15, 0.2) is 6.20 Å². The summed E-state index contributed by atoms with van der Waals surface area (Å²) >= 11 is 0. The third-order valence-electron chi connectivity index (χ3n) is 2.78. The minimum absolute atomic E-state index is 0.115. The zero-order valence-corrected chi connectivity index (χ0v) is 9.89. The van der Waals surface area contributed by atoms with Crippen LogP contribution in [0.3, 0.4) is 0 Å². The lowest BCUT2D eigenvalue weighted by Gasteiger charge is -2.10. The minimum atomic E-state index is -0.797. The van der Waals surface area contributed by atoms with Gasteiger partial charge >= 0.3 is 5.97 Å². The molecule has 1 aromatic heterocycles. The predicted molar refractivity (Wildman–Crippen MR) is 60.1 cm³/mol. The molecule has 5 nitrogen and oxygen atoms in total. The Labute approximate surface area is 95.5 Å². The van der Waals surface area contributed by atoms with Crippen molar-refractivity contribution in [2.24, 2.45) is 5.92 Å². The van der Waals surface area contributed by atoms with Crippen molar-refractivity contribution in [1.29, 1.82) is 0 Å². The van der Waals surface area contributed by atoms with E-state index < -0.39 is 5.97 Å². The van der Waals surface area contributed by atoms with Crippen LogP contribution in [-0.4, -0.2) is 26.1 Å². The second-order valence-corrected chi connectivity index (χ2v) is 4.01. The van der Waals surface area contributed by atoms with E-state index >= 15 is 0 Å². The number of carboxylic acids is 1. The van der Waals surface area contributed by atoms with Gasteiger partial charge in [0, 0.05) is 19.2 Å². The lowest BCUT2D eigenvalue weighted by atomic mass is 10.0. The molecule has 0 amide bonds. The molecule has 0 radical (unpaired) electrons. The van der Waals surface area contributed by atoms with Crippen molar-refractivity contribution < 1.29 is 9.90 Å². The van der Waals surface area contributed by atoms with Gasteiger partial charge in [-0.3, -0.25) is 9.48 Å². The van der Waals surface area contributed by atoms with Crippen LogP contribution >= 0.6 is 0 Å². The van der Waals surface area contributed by atoms with E-state index in [1.165, 1.54) is 0 Å². The molecule has 0 bridgehead atoms. The van der Waals surface area contributed by atoms with Crippen LogP contribution in [0.25, 0.3) is 0 Å². The minimum Gasteiger partial charge on any atom is -0.481 e. The number of aliphatic carboxylic acids is 1. The van der Waals surface area contributed by atoms with E-state index in [0.717, 1.165) is 25.1 Å². The van der Waals surface area contributed by atoms with Gasteiger partial charge in [-0.1, -0.05) is 31.9 Å². The second-order valence-electron chi connectivity index (χ2n) is 4.01. The first kappa shape index (κ1) is 12.7. The Bertz CT molecular complexity index is 332. The maximum absolute atomic E-state index is 10.4. The molecule has 0 unspecified atom stereocenters. The highest BCUT2D eigenvalue weighted by Gasteiger charge is 2.08. The molecular formula is C11H19N3O2. The largest absolute Gasteiger partial charge is 0.481 e. The van der Waals surface area contributed by atoms with E-state index in [2.05, 4.69) is 24.2 Å². The first-order valence-electron chi connectivity index (χ1n) is 5.76. The normalized spacial score (nSPS) is 10.9. The van der Waals surface area contributed by atoms with Gasteiger partial charge in [0.25, 0.3) is 0 Å². The van der Waals surface area contributed by atoms with Gasteiger partial charge in [0.05, 0.1) is 12.1 Å². The summed E-state index contributed by atoms with van der Waals surface area (Å²) in [5.41, 5.74) is 0.758. The maximum Gasteiger partial charge on any atom is 0.303 e. The van der Waals surface area contributed by atoms with Gasteiger partial charge in [-0.05, 0) is 5.92 Å². The average molecular weight is 225 g/mol. The first-order valence-corrected chi connectivity index (χ1v) is 5.76. The van der Waals surface area contributed by atoms with Crippen LogP contribution < -0.4 is 0 Å². The van der Waals surface area contributed by atoms with E-state index in [0.29, 0.717) is 12.3 Å². The molecule has 0 aliphatic rings. The summed E-state index contributed by atoms with van der Waals surface area (Å²) in [7, 11) is 0. The Morgan fingerprint density at radius 3 is 2.75 bits per heavy atom. The van der Waals surface area contributed by atoms with Gasteiger partial charge < -0.3 is 5.11 Å². The molecule has 0 saturated heterocycles. The van der Waals surface area contributed by atoms with Gasteiger partial charge in [0.1, 0.15) is 0 Å². The highest BCUT2D eigenvalue weighted by Crippen LogP contribution is 2.10. The molecule has 0 fully saturated rings. The molecule has 1 heterocycles. The summed E-state index contributed by atoms with van der Waals surface area (Å²) in [5.74, 6) is -0.177. The molecule has 0 atom stereocenters. The number of aromatic nitrogens is 3. The van der Waals surface area contributed by atoms with E-state index in [1.54, 1.807) is 0 Å². The van der Waals surface area contributed by atoms with Crippen LogP contribution in [0, 0.1) is 5.92 Å². The van der Waals surface area contributed by atoms with Crippen molar-refractivity contribution in [1.82, 2.24) is 15.0 Å². The summed E-state index contributed by atoms with van der Waals surface area (Å²) in [6.07, 6.45) is 4.67. The second kappa shape index (κ2) is 6.25. The topological polar surface area (TPSA) is 68.0 Å². The summed E-state index contributed by atoms with van der Waals surface area (Å²) in [6.45, 7) is 5.19. The Balaban J connectivity index is 2.47. The smallest absolute Gasteiger partial charge is 0.303 e. The molecule has 1 N–H and O–H groups in total. The fourth-order valence-electron chi connectivity index (χ4n) is 1.59. The van der Waals surface area contributed by atoms with Gasteiger partial charge in [-0.2, -0.15) is 0 Å². The summed E-state index contributed by atoms with van der Waals surface area (Å²) in [5, 5.41) is 16.5. The van der Waals surface area contributed by atoms with E-state index in [-0.39, 0.29) is 6.42 Å². The molecule has 5 heteroatoms. The van der Waals surface area contributed by atoms with Crippen molar-refractivity contribution in [3.8, 4) is 0 Å². The predicted octanol–water partition coefficient (Wildman–Crippen LogP) is 1.73. The Morgan fingerprint density at radius 2 is 2.19 bits per heavy atom.